The summed E-state index contributed by atoms with van der Waals surface area (Å²) in [5.74, 6) is 0. The SMILES string of the molecule is COc1ccc(-c2ccccc2Cl)s1. The highest BCUT2D eigenvalue weighted by Crippen LogP contribution is 2.36. The van der Waals surface area contributed by atoms with Crippen molar-refractivity contribution in [3.63, 3.8) is 0 Å². The predicted molar refractivity (Wildman–Crippen MR) is 61.3 cm³/mol. The van der Waals surface area contributed by atoms with Gasteiger partial charge in [0.1, 0.15) is 0 Å². The Balaban J connectivity index is 2.44. The fraction of sp³-hybridized carbons (Fsp3) is 0.0909. The lowest BCUT2D eigenvalue weighted by molar-refractivity contribution is 0.427. The first-order chi connectivity index (χ1) is 6.81. The molecule has 0 unspecified atom stereocenters. The third-order valence-corrected chi connectivity index (χ3v) is 3.33. The van der Waals surface area contributed by atoms with Crippen LogP contribution in [0.5, 0.6) is 5.06 Å². The van der Waals surface area contributed by atoms with Crippen molar-refractivity contribution in [2.45, 2.75) is 0 Å². The van der Waals surface area contributed by atoms with Crippen LogP contribution >= 0.6 is 22.9 Å². The number of halogens is 1. The molecule has 0 aliphatic carbocycles. The van der Waals surface area contributed by atoms with Gasteiger partial charge in [0.15, 0.2) is 5.06 Å². The zero-order valence-electron chi connectivity index (χ0n) is 7.66. The van der Waals surface area contributed by atoms with E-state index < -0.39 is 0 Å². The summed E-state index contributed by atoms with van der Waals surface area (Å²) in [5.41, 5.74) is 1.06. The average molecular weight is 225 g/mol. The molecule has 0 saturated heterocycles. The van der Waals surface area contributed by atoms with Gasteiger partial charge in [0.05, 0.1) is 7.11 Å². The number of hydrogen-bond donors (Lipinski definition) is 0. The number of benzene rings is 1. The van der Waals surface area contributed by atoms with E-state index in [-0.39, 0.29) is 0 Å². The normalized spacial score (nSPS) is 10.1. The Kier molecular flexibility index (Phi) is 2.75. The number of methoxy groups -OCH3 is 1. The van der Waals surface area contributed by atoms with Crippen LogP contribution < -0.4 is 4.74 Å². The molecule has 2 rings (SSSR count). The molecular weight excluding hydrogens is 216 g/mol. The van der Waals surface area contributed by atoms with E-state index in [1.54, 1.807) is 18.4 Å². The van der Waals surface area contributed by atoms with E-state index in [2.05, 4.69) is 0 Å². The Labute approximate surface area is 91.9 Å². The minimum Gasteiger partial charge on any atom is -0.487 e. The van der Waals surface area contributed by atoms with Crippen LogP contribution in [0.2, 0.25) is 5.02 Å². The van der Waals surface area contributed by atoms with Gasteiger partial charge in [-0.15, -0.1) is 0 Å². The largest absolute Gasteiger partial charge is 0.487 e. The first-order valence-electron chi connectivity index (χ1n) is 4.20. The molecule has 0 atom stereocenters. The summed E-state index contributed by atoms with van der Waals surface area (Å²) in [6.07, 6.45) is 0. The van der Waals surface area contributed by atoms with Crippen molar-refractivity contribution in [2.75, 3.05) is 7.11 Å². The van der Waals surface area contributed by atoms with Crippen molar-refractivity contribution in [3.8, 4) is 15.5 Å². The van der Waals surface area contributed by atoms with Crippen LogP contribution in [0.1, 0.15) is 0 Å². The number of ether oxygens (including phenoxy) is 1. The summed E-state index contributed by atoms with van der Waals surface area (Å²) < 4.78 is 5.13. The van der Waals surface area contributed by atoms with Crippen LogP contribution in [0, 0.1) is 0 Å². The van der Waals surface area contributed by atoms with E-state index in [1.165, 1.54) is 0 Å². The monoisotopic (exact) mass is 224 g/mol. The molecule has 1 aromatic carbocycles. The average Bonchev–Trinajstić information content (AvgIpc) is 2.67. The van der Waals surface area contributed by atoms with Gasteiger partial charge in [-0.2, -0.15) is 0 Å². The molecule has 0 N–H and O–H groups in total. The molecular formula is C11H9ClOS. The van der Waals surface area contributed by atoms with Gasteiger partial charge in [-0.1, -0.05) is 41.1 Å². The first-order valence-corrected chi connectivity index (χ1v) is 5.39. The van der Waals surface area contributed by atoms with E-state index in [9.17, 15) is 0 Å². The molecule has 0 spiro atoms. The number of thiophene rings is 1. The predicted octanol–water partition coefficient (Wildman–Crippen LogP) is 4.08. The smallest absolute Gasteiger partial charge is 0.173 e. The summed E-state index contributed by atoms with van der Waals surface area (Å²) in [5, 5.41) is 1.68. The summed E-state index contributed by atoms with van der Waals surface area (Å²) in [4.78, 5) is 1.13. The van der Waals surface area contributed by atoms with Gasteiger partial charge >= 0.3 is 0 Å². The van der Waals surface area contributed by atoms with E-state index >= 15 is 0 Å². The molecule has 0 aliphatic heterocycles. The highest BCUT2D eigenvalue weighted by atomic mass is 35.5. The number of hydrogen-bond acceptors (Lipinski definition) is 2. The second kappa shape index (κ2) is 4.03. The van der Waals surface area contributed by atoms with Crippen LogP contribution in [0.3, 0.4) is 0 Å². The van der Waals surface area contributed by atoms with Crippen LogP contribution in [0.15, 0.2) is 36.4 Å². The van der Waals surface area contributed by atoms with Crippen molar-refractivity contribution in [2.24, 2.45) is 0 Å². The highest BCUT2D eigenvalue weighted by Gasteiger charge is 2.05. The Bertz CT molecular complexity index is 436. The Morgan fingerprint density at radius 2 is 1.93 bits per heavy atom. The van der Waals surface area contributed by atoms with E-state index in [1.807, 2.05) is 36.4 Å². The molecule has 0 amide bonds. The Hall–Kier alpha value is -0.990. The zero-order chi connectivity index (χ0) is 9.97. The fourth-order valence-corrected chi connectivity index (χ4v) is 2.39. The molecule has 0 radical (unpaired) electrons. The molecule has 1 heterocycles. The lowest BCUT2D eigenvalue weighted by Crippen LogP contribution is -1.74. The van der Waals surface area contributed by atoms with E-state index in [0.717, 1.165) is 20.5 Å². The summed E-state index contributed by atoms with van der Waals surface area (Å²) >= 11 is 7.67. The Morgan fingerprint density at radius 1 is 1.14 bits per heavy atom. The minimum absolute atomic E-state index is 0.775. The van der Waals surface area contributed by atoms with E-state index in [4.69, 9.17) is 16.3 Å². The molecule has 0 saturated carbocycles. The topological polar surface area (TPSA) is 9.23 Å². The third-order valence-electron chi connectivity index (χ3n) is 1.92. The molecule has 0 aliphatic rings. The van der Waals surface area contributed by atoms with Crippen molar-refractivity contribution in [3.05, 3.63) is 41.4 Å². The van der Waals surface area contributed by atoms with Crippen molar-refractivity contribution in [1.29, 1.82) is 0 Å². The maximum Gasteiger partial charge on any atom is 0.173 e. The number of rotatable bonds is 2. The molecule has 14 heavy (non-hydrogen) atoms. The van der Waals surface area contributed by atoms with Crippen LogP contribution in [0.25, 0.3) is 10.4 Å². The summed E-state index contributed by atoms with van der Waals surface area (Å²) in [6, 6.07) is 11.8. The third kappa shape index (κ3) is 1.76. The maximum absolute atomic E-state index is 6.08. The van der Waals surface area contributed by atoms with Crippen molar-refractivity contribution in [1.82, 2.24) is 0 Å². The van der Waals surface area contributed by atoms with Crippen molar-refractivity contribution < 1.29 is 4.74 Å². The van der Waals surface area contributed by atoms with E-state index in [0.29, 0.717) is 0 Å². The second-order valence-electron chi connectivity index (χ2n) is 2.80. The molecule has 0 fully saturated rings. The molecule has 2 aromatic rings. The molecule has 3 heteroatoms. The van der Waals surface area contributed by atoms with Gasteiger partial charge in [-0.05, 0) is 18.2 Å². The molecule has 0 bridgehead atoms. The lowest BCUT2D eigenvalue weighted by atomic mass is 10.2. The zero-order valence-corrected chi connectivity index (χ0v) is 9.23. The minimum atomic E-state index is 0.775. The highest BCUT2D eigenvalue weighted by molar-refractivity contribution is 7.17. The molecule has 72 valence electrons. The van der Waals surface area contributed by atoms with Gasteiger partial charge < -0.3 is 4.74 Å². The Morgan fingerprint density at radius 3 is 2.57 bits per heavy atom. The lowest BCUT2D eigenvalue weighted by Gasteiger charge is -1.99. The van der Waals surface area contributed by atoms with Gasteiger partial charge in [0, 0.05) is 15.5 Å². The van der Waals surface area contributed by atoms with Gasteiger partial charge in [0.25, 0.3) is 0 Å². The quantitative estimate of drug-likeness (QED) is 0.747. The standard InChI is InChI=1S/C11H9ClOS/c1-13-11-7-6-10(14-11)8-4-2-3-5-9(8)12/h2-7H,1H3. The molecule has 1 nitrogen and oxygen atoms in total. The van der Waals surface area contributed by atoms with Crippen LogP contribution in [-0.2, 0) is 0 Å². The van der Waals surface area contributed by atoms with Gasteiger partial charge in [0.2, 0.25) is 0 Å². The fourth-order valence-electron chi connectivity index (χ4n) is 1.24. The first kappa shape index (κ1) is 9.56. The van der Waals surface area contributed by atoms with Gasteiger partial charge in [-0.25, -0.2) is 0 Å². The van der Waals surface area contributed by atoms with Crippen LogP contribution in [-0.4, -0.2) is 7.11 Å². The summed E-state index contributed by atoms with van der Waals surface area (Å²) in [6.45, 7) is 0. The molecule has 1 aromatic heterocycles. The van der Waals surface area contributed by atoms with Crippen LogP contribution in [0.4, 0.5) is 0 Å². The van der Waals surface area contributed by atoms with Gasteiger partial charge in [-0.3, -0.25) is 0 Å². The van der Waals surface area contributed by atoms with Crippen molar-refractivity contribution >= 4 is 22.9 Å². The summed E-state index contributed by atoms with van der Waals surface area (Å²) in [7, 11) is 1.67. The second-order valence-corrected chi connectivity index (χ2v) is 4.26. The maximum atomic E-state index is 6.08.